The summed E-state index contributed by atoms with van der Waals surface area (Å²) >= 11 is 0. The average molecular weight is 371 g/mol. The number of fused-ring (bicyclic) bond motifs is 2. The molecule has 2 fully saturated rings. The minimum absolute atomic E-state index is 0.136. The van der Waals surface area contributed by atoms with Gasteiger partial charge in [-0.3, -0.25) is 9.54 Å². The molecule has 2 atom stereocenters. The lowest BCUT2D eigenvalue weighted by molar-refractivity contribution is -0.149. The Morgan fingerprint density at radius 2 is 2.20 bits per heavy atom. The Morgan fingerprint density at radius 1 is 1.40 bits per heavy atom. The van der Waals surface area contributed by atoms with Crippen LogP contribution in [0.2, 0.25) is 0 Å². The zero-order valence-corrected chi connectivity index (χ0v) is 14.0. The van der Waals surface area contributed by atoms with Crippen molar-refractivity contribution in [3.8, 4) is 0 Å². The molecule has 11 heteroatoms. The Balaban J connectivity index is 1.57. The predicted octanol–water partition coefficient (Wildman–Crippen LogP) is 0.170. The highest BCUT2D eigenvalue weighted by molar-refractivity contribution is 7.80. The zero-order chi connectivity index (χ0) is 18.0. The molecule has 2 amide bonds. The van der Waals surface area contributed by atoms with Crippen molar-refractivity contribution in [2.45, 2.75) is 31.3 Å². The van der Waals surface area contributed by atoms with Crippen molar-refractivity contribution in [3.63, 3.8) is 0 Å². The van der Waals surface area contributed by atoms with Gasteiger partial charge in [-0.05, 0) is 24.5 Å². The third-order valence-corrected chi connectivity index (χ3v) is 4.48. The van der Waals surface area contributed by atoms with Gasteiger partial charge in [-0.25, -0.2) is 9.59 Å². The first kappa shape index (κ1) is 17.6. The molecule has 1 N–H and O–H groups in total. The van der Waals surface area contributed by atoms with Crippen molar-refractivity contribution in [1.29, 1.82) is 0 Å². The smallest absolute Gasteiger partial charge is 0.418 e. The van der Waals surface area contributed by atoms with Crippen LogP contribution in [-0.4, -0.2) is 65.2 Å². The van der Waals surface area contributed by atoms with Crippen LogP contribution in [0.25, 0.3) is 0 Å². The number of hydrogen-bond acceptors (Lipinski definition) is 7. The molecule has 1 aromatic heterocycles. The predicted molar refractivity (Wildman–Crippen MR) is 82.3 cm³/mol. The lowest BCUT2D eigenvalue weighted by Crippen LogP contribution is -2.46. The number of aromatic nitrogens is 1. The SMILES string of the molecule is O=C(OCCc1cccnc1)[C@H]1CC[C@H]2CN1C(=O)N2OS(=O)(=O)O. The maximum absolute atomic E-state index is 12.3. The van der Waals surface area contributed by atoms with Crippen LogP contribution in [0, 0.1) is 0 Å². The molecule has 3 heterocycles. The summed E-state index contributed by atoms with van der Waals surface area (Å²) in [5.74, 6) is -0.551. The van der Waals surface area contributed by atoms with Crippen LogP contribution in [0.3, 0.4) is 0 Å². The normalized spacial score (nSPS) is 23.0. The Labute approximate surface area is 144 Å². The van der Waals surface area contributed by atoms with Gasteiger partial charge >= 0.3 is 22.4 Å². The second-order valence-corrected chi connectivity index (χ2v) is 6.79. The topological polar surface area (TPSA) is 126 Å². The van der Waals surface area contributed by atoms with E-state index in [2.05, 4.69) is 9.27 Å². The van der Waals surface area contributed by atoms with Crippen molar-refractivity contribution in [2.75, 3.05) is 13.2 Å². The molecule has 10 nitrogen and oxygen atoms in total. The van der Waals surface area contributed by atoms with Gasteiger partial charge in [0.2, 0.25) is 0 Å². The molecule has 3 rings (SSSR count). The highest BCUT2D eigenvalue weighted by Crippen LogP contribution is 2.31. The van der Waals surface area contributed by atoms with Gasteiger partial charge in [-0.15, -0.1) is 4.28 Å². The number of ether oxygens (including phenoxy) is 1. The summed E-state index contributed by atoms with van der Waals surface area (Å²) in [5, 5.41) is 0.595. The summed E-state index contributed by atoms with van der Waals surface area (Å²) in [5.41, 5.74) is 0.920. The van der Waals surface area contributed by atoms with E-state index in [-0.39, 0.29) is 13.2 Å². The van der Waals surface area contributed by atoms with Crippen LogP contribution in [0.5, 0.6) is 0 Å². The van der Waals surface area contributed by atoms with Crippen LogP contribution < -0.4 is 0 Å². The zero-order valence-electron chi connectivity index (χ0n) is 13.1. The Morgan fingerprint density at radius 3 is 2.88 bits per heavy atom. The van der Waals surface area contributed by atoms with Gasteiger partial charge in [0, 0.05) is 25.4 Å². The minimum atomic E-state index is -4.81. The summed E-state index contributed by atoms with van der Waals surface area (Å²) < 4.78 is 40.0. The number of amides is 2. The van der Waals surface area contributed by atoms with Gasteiger partial charge in [0.25, 0.3) is 0 Å². The molecular weight excluding hydrogens is 354 g/mol. The van der Waals surface area contributed by atoms with Gasteiger partial charge in [-0.1, -0.05) is 6.07 Å². The van der Waals surface area contributed by atoms with Crippen LogP contribution >= 0.6 is 0 Å². The fourth-order valence-corrected chi connectivity index (χ4v) is 3.38. The molecular formula is C14H17N3O7S. The molecule has 0 aliphatic carbocycles. The van der Waals surface area contributed by atoms with E-state index in [1.807, 2.05) is 6.07 Å². The van der Waals surface area contributed by atoms with Crippen molar-refractivity contribution in [2.24, 2.45) is 0 Å². The van der Waals surface area contributed by atoms with Crippen molar-refractivity contribution in [1.82, 2.24) is 14.9 Å². The molecule has 2 aliphatic heterocycles. The summed E-state index contributed by atoms with van der Waals surface area (Å²) in [6.07, 6.45) is 4.51. The van der Waals surface area contributed by atoms with Crippen LogP contribution in [0.15, 0.2) is 24.5 Å². The van der Waals surface area contributed by atoms with Crippen LogP contribution in [-0.2, 0) is 30.6 Å². The Hall–Kier alpha value is -2.24. The van der Waals surface area contributed by atoms with E-state index in [1.165, 1.54) is 4.90 Å². The molecule has 0 spiro atoms. The van der Waals surface area contributed by atoms with Gasteiger partial charge in [0.05, 0.1) is 12.6 Å². The summed E-state index contributed by atoms with van der Waals surface area (Å²) in [7, 11) is -4.81. The number of carbonyl (C=O) groups is 2. The number of pyridine rings is 1. The number of nitrogens with zero attached hydrogens (tertiary/aromatic N) is 3. The molecule has 2 saturated heterocycles. The second kappa shape index (κ2) is 6.94. The van der Waals surface area contributed by atoms with Crippen molar-refractivity contribution >= 4 is 22.4 Å². The maximum Gasteiger partial charge on any atom is 0.418 e. The molecule has 0 saturated carbocycles. The van der Waals surface area contributed by atoms with Crippen LogP contribution in [0.4, 0.5) is 4.79 Å². The quantitative estimate of drug-likeness (QED) is 0.554. The number of urea groups is 1. The molecule has 0 unspecified atom stereocenters. The van der Waals surface area contributed by atoms with E-state index in [4.69, 9.17) is 9.29 Å². The van der Waals surface area contributed by atoms with E-state index >= 15 is 0 Å². The summed E-state index contributed by atoms with van der Waals surface area (Å²) in [6, 6.07) is 1.53. The molecule has 25 heavy (non-hydrogen) atoms. The number of hydrogen-bond donors (Lipinski definition) is 1. The van der Waals surface area contributed by atoms with E-state index in [1.54, 1.807) is 18.5 Å². The Bertz CT molecular complexity index is 755. The minimum Gasteiger partial charge on any atom is -0.464 e. The first-order valence-electron chi connectivity index (χ1n) is 7.67. The maximum atomic E-state index is 12.3. The first-order chi connectivity index (χ1) is 11.8. The highest BCUT2D eigenvalue weighted by Gasteiger charge is 2.49. The van der Waals surface area contributed by atoms with Gasteiger partial charge in [0.15, 0.2) is 0 Å². The Kier molecular flexibility index (Phi) is 4.88. The standard InChI is InChI=1S/C14H17N3O7S/c18-13(23-7-5-10-2-1-6-15-8-10)12-4-3-11-9-16(12)14(19)17(11)24-25(20,21)22/h1-2,6,8,11-12H,3-5,7,9H2,(H,20,21,22)/t11-,12+/m0/s1. The van der Waals surface area contributed by atoms with Gasteiger partial charge in [0.1, 0.15) is 6.04 Å². The van der Waals surface area contributed by atoms with E-state index < -0.39 is 34.5 Å². The van der Waals surface area contributed by atoms with Gasteiger partial charge < -0.3 is 9.64 Å². The second-order valence-electron chi connectivity index (χ2n) is 5.79. The highest BCUT2D eigenvalue weighted by atomic mass is 32.3. The molecule has 136 valence electrons. The van der Waals surface area contributed by atoms with E-state index in [0.717, 1.165) is 5.56 Å². The number of esters is 1. The average Bonchev–Trinajstić information content (AvgIpc) is 2.79. The van der Waals surface area contributed by atoms with E-state index in [9.17, 15) is 18.0 Å². The fourth-order valence-electron chi connectivity index (χ4n) is 2.99. The third-order valence-electron chi connectivity index (χ3n) is 4.13. The molecule has 1 aromatic rings. The lowest BCUT2D eigenvalue weighted by atomic mass is 10.0. The lowest BCUT2D eigenvalue weighted by Gasteiger charge is -2.28. The number of hydroxylamine groups is 2. The number of rotatable bonds is 6. The van der Waals surface area contributed by atoms with Gasteiger partial charge in [-0.2, -0.15) is 13.5 Å². The number of carbonyl (C=O) groups excluding carboxylic acids is 2. The fraction of sp³-hybridized carbons (Fsp3) is 0.500. The van der Waals surface area contributed by atoms with Crippen LogP contribution in [0.1, 0.15) is 18.4 Å². The third kappa shape index (κ3) is 4.06. The number of piperidine rings is 1. The molecule has 2 aliphatic rings. The summed E-state index contributed by atoms with van der Waals surface area (Å²) in [4.78, 5) is 29.6. The molecule has 0 aromatic carbocycles. The molecule has 0 radical (unpaired) electrons. The van der Waals surface area contributed by atoms with Crippen molar-refractivity contribution < 1.29 is 31.6 Å². The first-order valence-corrected chi connectivity index (χ1v) is 9.04. The van der Waals surface area contributed by atoms with E-state index in [0.29, 0.717) is 24.3 Å². The molecule has 2 bridgehead atoms. The monoisotopic (exact) mass is 371 g/mol. The van der Waals surface area contributed by atoms with Crippen molar-refractivity contribution in [3.05, 3.63) is 30.1 Å². The summed E-state index contributed by atoms with van der Waals surface area (Å²) in [6.45, 7) is 0.286. The largest absolute Gasteiger partial charge is 0.464 e.